The van der Waals surface area contributed by atoms with Gasteiger partial charge in [-0.05, 0) is 56.7 Å². The highest BCUT2D eigenvalue weighted by molar-refractivity contribution is 7.24. The molecule has 3 heterocycles. The molecule has 156 valence electrons. The molecule has 0 saturated heterocycles. The van der Waals surface area contributed by atoms with Crippen molar-refractivity contribution in [1.82, 2.24) is 9.69 Å². The smallest absolute Gasteiger partial charge is 0.412 e. The molecular weight excluding hydrogens is 430 g/mol. The van der Waals surface area contributed by atoms with Crippen LogP contribution in [0.25, 0.3) is 10.2 Å². The minimum Gasteiger partial charge on any atom is -0.465 e. The molecule has 0 aliphatic carbocycles. The lowest BCUT2D eigenvalue weighted by atomic mass is 10.2. The van der Waals surface area contributed by atoms with Gasteiger partial charge in [0.1, 0.15) is 10.6 Å². The second-order valence-electron chi connectivity index (χ2n) is 7.61. The van der Waals surface area contributed by atoms with E-state index in [0.29, 0.717) is 18.0 Å². The highest BCUT2D eigenvalue weighted by Gasteiger charge is 2.23. The van der Waals surface area contributed by atoms with Crippen LogP contribution in [-0.2, 0) is 17.7 Å². The number of carboxylic acid groups (broad SMARTS) is 1. The molecule has 0 bridgehead atoms. The van der Waals surface area contributed by atoms with E-state index in [9.17, 15) is 14.7 Å². The maximum Gasteiger partial charge on any atom is 0.412 e. The molecular formula is C19H23N3O4S3. The van der Waals surface area contributed by atoms with Gasteiger partial charge in [0.05, 0.1) is 16.8 Å². The van der Waals surface area contributed by atoms with Crippen LogP contribution >= 0.6 is 34.2 Å². The third-order valence-electron chi connectivity index (χ3n) is 3.83. The number of anilines is 1. The molecule has 3 rings (SSSR count). The van der Waals surface area contributed by atoms with Gasteiger partial charge in [-0.1, -0.05) is 6.07 Å². The fourth-order valence-electron chi connectivity index (χ4n) is 2.70. The maximum atomic E-state index is 11.9. The standard InChI is InChI=1S/C19H23N3O4S3/c1-11(20-17(23)26-19(2,3)4)8-13-9-14-15(28-13)16(29-21-14)22(18(24)25)10-12-6-5-7-27-12/h5-7,9,11H,8,10H2,1-4H3,(H,20,23)(H,24,25). The SMILES string of the molecule is CC(Cc1cc2nsc(N(Cc3cccs3)C(=O)O)c2s1)NC(=O)OC(C)(C)C. The van der Waals surface area contributed by atoms with Crippen LogP contribution in [0.2, 0.25) is 0 Å². The normalized spacial score (nSPS) is 12.7. The van der Waals surface area contributed by atoms with Gasteiger partial charge in [-0.2, -0.15) is 4.37 Å². The summed E-state index contributed by atoms with van der Waals surface area (Å²) in [6.45, 7) is 7.67. The number of carbonyl (C=O) groups excluding carboxylic acids is 1. The Bertz CT molecular complexity index is 988. The number of amides is 2. The third kappa shape index (κ3) is 5.68. The number of carbonyl (C=O) groups is 2. The van der Waals surface area contributed by atoms with Crippen LogP contribution in [0.4, 0.5) is 14.6 Å². The van der Waals surface area contributed by atoms with Crippen LogP contribution in [0.5, 0.6) is 0 Å². The lowest BCUT2D eigenvalue weighted by Crippen LogP contribution is -2.38. The molecule has 3 aromatic rings. The number of nitrogens with one attached hydrogen (secondary N) is 1. The van der Waals surface area contributed by atoms with Crippen molar-refractivity contribution in [3.05, 3.63) is 33.3 Å². The number of nitrogens with zero attached hydrogens (tertiary/aromatic N) is 2. The molecule has 0 aromatic carbocycles. The van der Waals surface area contributed by atoms with E-state index in [1.165, 1.54) is 39.1 Å². The minimum absolute atomic E-state index is 0.124. The van der Waals surface area contributed by atoms with Gasteiger partial charge in [0, 0.05) is 22.2 Å². The molecule has 3 aromatic heterocycles. The molecule has 0 fully saturated rings. The summed E-state index contributed by atoms with van der Waals surface area (Å²) in [4.78, 5) is 27.1. The Labute approximate surface area is 181 Å². The number of rotatable bonds is 6. The maximum absolute atomic E-state index is 11.9. The van der Waals surface area contributed by atoms with Crippen molar-refractivity contribution in [3.8, 4) is 0 Å². The zero-order chi connectivity index (χ0) is 21.2. The lowest BCUT2D eigenvalue weighted by molar-refractivity contribution is 0.0508. The van der Waals surface area contributed by atoms with Gasteiger partial charge < -0.3 is 15.2 Å². The quantitative estimate of drug-likeness (QED) is 0.510. The zero-order valence-electron chi connectivity index (χ0n) is 16.6. The molecule has 0 radical (unpaired) electrons. The number of aromatic nitrogens is 1. The second kappa shape index (κ2) is 8.68. The molecule has 10 heteroatoms. The monoisotopic (exact) mass is 453 g/mol. The predicted molar refractivity (Wildman–Crippen MR) is 119 cm³/mol. The summed E-state index contributed by atoms with van der Waals surface area (Å²) in [5.41, 5.74) is 0.239. The molecule has 29 heavy (non-hydrogen) atoms. The molecule has 0 spiro atoms. The number of fused-ring (bicyclic) bond motifs is 1. The number of ether oxygens (including phenoxy) is 1. The Morgan fingerprint density at radius 1 is 1.34 bits per heavy atom. The summed E-state index contributed by atoms with van der Waals surface area (Å²) in [6.07, 6.45) is -0.837. The van der Waals surface area contributed by atoms with Crippen LogP contribution in [0.15, 0.2) is 23.6 Å². The molecule has 0 saturated carbocycles. The van der Waals surface area contributed by atoms with Gasteiger partial charge in [0.15, 0.2) is 0 Å². The van der Waals surface area contributed by atoms with E-state index in [-0.39, 0.29) is 6.04 Å². The molecule has 1 unspecified atom stereocenters. The van der Waals surface area contributed by atoms with Gasteiger partial charge >= 0.3 is 12.2 Å². The Kier molecular flexibility index (Phi) is 6.45. The molecule has 1 atom stereocenters. The van der Waals surface area contributed by atoms with Crippen molar-refractivity contribution < 1.29 is 19.4 Å². The highest BCUT2D eigenvalue weighted by atomic mass is 32.1. The summed E-state index contributed by atoms with van der Waals surface area (Å²) in [6, 6.07) is 5.66. The van der Waals surface area contributed by atoms with Crippen LogP contribution in [0, 0.1) is 0 Å². The topological polar surface area (TPSA) is 91.8 Å². The summed E-state index contributed by atoms with van der Waals surface area (Å²) < 4.78 is 10.6. The van der Waals surface area contributed by atoms with E-state index in [0.717, 1.165) is 20.0 Å². The van der Waals surface area contributed by atoms with Crippen molar-refractivity contribution in [2.45, 2.75) is 52.3 Å². The lowest BCUT2D eigenvalue weighted by Gasteiger charge is -2.21. The average Bonchev–Trinajstić information content (AvgIpc) is 3.27. The first-order valence-electron chi connectivity index (χ1n) is 9.03. The van der Waals surface area contributed by atoms with Crippen LogP contribution < -0.4 is 10.2 Å². The fourth-order valence-corrected chi connectivity index (χ4v) is 5.62. The number of hydrogen-bond donors (Lipinski definition) is 2. The Morgan fingerprint density at radius 3 is 2.72 bits per heavy atom. The minimum atomic E-state index is -1.00. The van der Waals surface area contributed by atoms with Crippen LogP contribution in [0.1, 0.15) is 37.4 Å². The highest BCUT2D eigenvalue weighted by Crippen LogP contribution is 2.38. The molecule has 2 amide bonds. The Balaban J connectivity index is 1.73. The van der Waals surface area contributed by atoms with Gasteiger partial charge in [-0.15, -0.1) is 22.7 Å². The molecule has 2 N–H and O–H groups in total. The van der Waals surface area contributed by atoms with Crippen LogP contribution in [0.3, 0.4) is 0 Å². The van der Waals surface area contributed by atoms with Crippen LogP contribution in [-0.4, -0.2) is 33.3 Å². The van der Waals surface area contributed by atoms with E-state index in [1.54, 1.807) is 0 Å². The zero-order valence-corrected chi connectivity index (χ0v) is 19.0. The first-order chi connectivity index (χ1) is 13.6. The summed E-state index contributed by atoms with van der Waals surface area (Å²) in [7, 11) is 0. The Hall–Kier alpha value is -2.17. The van der Waals surface area contributed by atoms with E-state index in [4.69, 9.17) is 4.74 Å². The van der Waals surface area contributed by atoms with E-state index in [2.05, 4.69) is 9.69 Å². The largest absolute Gasteiger partial charge is 0.465 e. The number of thiophene rings is 2. The van der Waals surface area contributed by atoms with Crippen molar-refractivity contribution >= 4 is 61.6 Å². The van der Waals surface area contributed by atoms with Crippen molar-refractivity contribution in [3.63, 3.8) is 0 Å². The summed E-state index contributed by atoms with van der Waals surface area (Å²) in [5.74, 6) is 0. The third-order valence-corrected chi connectivity index (χ3v) is 6.86. The molecule has 0 aliphatic rings. The van der Waals surface area contributed by atoms with Gasteiger partial charge in [0.25, 0.3) is 0 Å². The number of hydrogen-bond acceptors (Lipinski definition) is 7. The summed E-state index contributed by atoms with van der Waals surface area (Å²) >= 11 is 4.23. The molecule has 0 aliphatic heterocycles. The summed E-state index contributed by atoms with van der Waals surface area (Å²) in [5, 5.41) is 15.1. The Morgan fingerprint density at radius 2 is 2.10 bits per heavy atom. The van der Waals surface area contributed by atoms with Gasteiger partial charge in [-0.3, -0.25) is 4.90 Å². The molecule has 7 nitrogen and oxygen atoms in total. The van der Waals surface area contributed by atoms with Crippen molar-refractivity contribution in [2.24, 2.45) is 0 Å². The fraction of sp³-hybridized carbons (Fsp3) is 0.421. The van der Waals surface area contributed by atoms with Crippen molar-refractivity contribution in [2.75, 3.05) is 4.90 Å². The van der Waals surface area contributed by atoms with E-state index in [1.807, 2.05) is 51.3 Å². The van der Waals surface area contributed by atoms with Gasteiger partial charge in [-0.25, -0.2) is 9.59 Å². The van der Waals surface area contributed by atoms with E-state index < -0.39 is 17.8 Å². The first-order valence-corrected chi connectivity index (χ1v) is 11.5. The predicted octanol–water partition coefficient (Wildman–Crippen LogP) is 5.56. The van der Waals surface area contributed by atoms with Gasteiger partial charge in [0.2, 0.25) is 0 Å². The van der Waals surface area contributed by atoms with Crippen molar-refractivity contribution in [1.29, 1.82) is 0 Å². The second-order valence-corrected chi connectivity index (χ2v) is 10.5. The number of alkyl carbamates (subject to hydrolysis) is 1. The average molecular weight is 454 g/mol. The first kappa shape index (κ1) is 21.5. The van der Waals surface area contributed by atoms with E-state index >= 15 is 0 Å².